The minimum absolute atomic E-state index is 0.0964. The van der Waals surface area contributed by atoms with E-state index >= 15 is 0 Å². The highest BCUT2D eigenvalue weighted by Gasteiger charge is 2.38. The molecule has 1 aliphatic rings. The van der Waals surface area contributed by atoms with Crippen LogP contribution in [0.2, 0.25) is 0 Å². The van der Waals surface area contributed by atoms with E-state index in [1.807, 2.05) is 20.8 Å². The third-order valence-corrected chi connectivity index (χ3v) is 3.07. The minimum Gasteiger partial charge on any atom is -0.481 e. The van der Waals surface area contributed by atoms with Gasteiger partial charge in [0.25, 0.3) is 0 Å². The van der Waals surface area contributed by atoms with Crippen LogP contribution in [0, 0.1) is 17.3 Å². The number of carboxylic acid groups (broad SMARTS) is 1. The summed E-state index contributed by atoms with van der Waals surface area (Å²) in [5.41, 5.74) is -0.0964. The molecule has 1 aliphatic carbocycles. The molecule has 0 aromatic carbocycles. The molecule has 0 bridgehead atoms. The highest BCUT2D eigenvalue weighted by molar-refractivity contribution is 5.71. The van der Waals surface area contributed by atoms with Gasteiger partial charge in [-0.15, -0.1) is 0 Å². The fraction of sp³-hybridized carbons (Fsp3) is 0.909. The van der Waals surface area contributed by atoms with Gasteiger partial charge in [0, 0.05) is 0 Å². The van der Waals surface area contributed by atoms with Gasteiger partial charge in [0.05, 0.1) is 5.92 Å². The second-order valence-corrected chi connectivity index (χ2v) is 5.23. The van der Waals surface area contributed by atoms with Gasteiger partial charge in [0.1, 0.15) is 0 Å². The van der Waals surface area contributed by atoms with E-state index in [-0.39, 0.29) is 11.3 Å². The van der Waals surface area contributed by atoms with E-state index in [0.717, 1.165) is 12.8 Å². The summed E-state index contributed by atoms with van der Waals surface area (Å²) in [5, 5.41) is 9.17. The van der Waals surface area contributed by atoms with Gasteiger partial charge in [-0.1, -0.05) is 33.6 Å². The van der Waals surface area contributed by atoms with Crippen LogP contribution in [-0.4, -0.2) is 11.1 Å². The molecular weight excluding hydrogens is 164 g/mol. The number of carboxylic acids is 1. The Morgan fingerprint density at radius 2 is 1.77 bits per heavy atom. The van der Waals surface area contributed by atoms with Crippen molar-refractivity contribution in [2.24, 2.45) is 17.3 Å². The molecule has 0 radical (unpaired) electrons. The normalized spacial score (nSPS) is 21.8. The molecule has 1 N–H and O–H groups in total. The lowest BCUT2D eigenvalue weighted by molar-refractivity contribution is -0.148. The van der Waals surface area contributed by atoms with E-state index in [1.54, 1.807) is 0 Å². The summed E-state index contributed by atoms with van der Waals surface area (Å²) in [7, 11) is 0. The quantitative estimate of drug-likeness (QED) is 0.716. The number of carbonyl (C=O) groups is 1. The number of hydrogen-bond donors (Lipinski definition) is 1. The fourth-order valence-electron chi connectivity index (χ4n) is 2.57. The molecule has 1 unspecified atom stereocenters. The van der Waals surface area contributed by atoms with Crippen LogP contribution < -0.4 is 0 Å². The van der Waals surface area contributed by atoms with Gasteiger partial charge in [0.15, 0.2) is 0 Å². The van der Waals surface area contributed by atoms with Crippen molar-refractivity contribution in [3.8, 4) is 0 Å². The van der Waals surface area contributed by atoms with Gasteiger partial charge in [-0.05, 0) is 24.2 Å². The van der Waals surface area contributed by atoms with Gasteiger partial charge < -0.3 is 5.11 Å². The molecule has 1 rings (SSSR count). The molecule has 0 heterocycles. The predicted octanol–water partition coefficient (Wildman–Crippen LogP) is 2.92. The van der Waals surface area contributed by atoms with E-state index < -0.39 is 5.97 Å². The minimum atomic E-state index is -0.612. The molecule has 13 heavy (non-hydrogen) atoms. The topological polar surface area (TPSA) is 37.3 Å². The summed E-state index contributed by atoms with van der Waals surface area (Å²) >= 11 is 0. The second-order valence-electron chi connectivity index (χ2n) is 5.23. The van der Waals surface area contributed by atoms with Gasteiger partial charge >= 0.3 is 5.97 Å². The molecule has 0 amide bonds. The van der Waals surface area contributed by atoms with E-state index in [0.29, 0.717) is 5.92 Å². The molecule has 0 aromatic heterocycles. The van der Waals surface area contributed by atoms with Crippen LogP contribution in [0.5, 0.6) is 0 Å². The molecular formula is C11H20O2. The van der Waals surface area contributed by atoms with Crippen LogP contribution in [0.3, 0.4) is 0 Å². The van der Waals surface area contributed by atoms with Crippen molar-refractivity contribution in [2.75, 3.05) is 0 Å². The Balaban J connectivity index is 2.72. The third kappa shape index (κ3) is 2.45. The Morgan fingerprint density at radius 1 is 1.31 bits per heavy atom. The van der Waals surface area contributed by atoms with Crippen LogP contribution in [-0.2, 0) is 4.79 Å². The van der Waals surface area contributed by atoms with Crippen molar-refractivity contribution in [3.05, 3.63) is 0 Å². The fourth-order valence-corrected chi connectivity index (χ4v) is 2.57. The van der Waals surface area contributed by atoms with Crippen molar-refractivity contribution in [1.82, 2.24) is 0 Å². The average molecular weight is 184 g/mol. The maximum absolute atomic E-state index is 11.1. The Labute approximate surface area is 80.3 Å². The average Bonchev–Trinajstić information content (AvgIpc) is 2.34. The van der Waals surface area contributed by atoms with Crippen molar-refractivity contribution < 1.29 is 9.90 Å². The Bertz CT molecular complexity index is 185. The standard InChI is InChI=1S/C11H20O2/c1-11(2,3)9(10(12)13)8-6-4-5-7-8/h8-9H,4-7H2,1-3H3,(H,12,13). The molecule has 0 saturated heterocycles. The first-order valence-electron chi connectivity index (χ1n) is 5.15. The predicted molar refractivity (Wildman–Crippen MR) is 52.5 cm³/mol. The van der Waals surface area contributed by atoms with Crippen LogP contribution in [0.1, 0.15) is 46.5 Å². The Morgan fingerprint density at radius 3 is 2.08 bits per heavy atom. The van der Waals surface area contributed by atoms with Crippen LogP contribution >= 0.6 is 0 Å². The highest BCUT2D eigenvalue weighted by Crippen LogP contribution is 2.40. The van der Waals surface area contributed by atoms with Crippen molar-refractivity contribution in [2.45, 2.75) is 46.5 Å². The lowest BCUT2D eigenvalue weighted by atomic mass is 9.72. The summed E-state index contributed by atoms with van der Waals surface area (Å²) in [6.07, 6.45) is 4.64. The third-order valence-electron chi connectivity index (χ3n) is 3.07. The Kier molecular flexibility index (Phi) is 2.99. The van der Waals surface area contributed by atoms with Gasteiger partial charge in [-0.3, -0.25) is 4.79 Å². The first kappa shape index (κ1) is 10.6. The van der Waals surface area contributed by atoms with E-state index in [9.17, 15) is 4.79 Å². The van der Waals surface area contributed by atoms with Crippen molar-refractivity contribution >= 4 is 5.97 Å². The van der Waals surface area contributed by atoms with Crippen LogP contribution in [0.15, 0.2) is 0 Å². The molecule has 2 heteroatoms. The van der Waals surface area contributed by atoms with E-state index in [4.69, 9.17) is 5.11 Å². The molecule has 1 saturated carbocycles. The second kappa shape index (κ2) is 3.69. The van der Waals surface area contributed by atoms with E-state index in [1.165, 1.54) is 12.8 Å². The number of rotatable bonds is 2. The maximum atomic E-state index is 11.1. The summed E-state index contributed by atoms with van der Waals surface area (Å²) in [4.78, 5) is 11.1. The summed E-state index contributed by atoms with van der Waals surface area (Å²) in [5.74, 6) is -0.355. The summed E-state index contributed by atoms with van der Waals surface area (Å²) in [6.45, 7) is 6.10. The molecule has 0 aliphatic heterocycles. The van der Waals surface area contributed by atoms with Gasteiger partial charge in [-0.2, -0.15) is 0 Å². The molecule has 76 valence electrons. The zero-order valence-corrected chi connectivity index (χ0v) is 8.84. The maximum Gasteiger partial charge on any atom is 0.307 e. The molecule has 0 aromatic rings. The lowest BCUT2D eigenvalue weighted by Crippen LogP contribution is -2.33. The molecule has 1 fully saturated rings. The summed E-state index contributed by atoms with van der Waals surface area (Å²) < 4.78 is 0. The number of hydrogen-bond acceptors (Lipinski definition) is 1. The first-order valence-corrected chi connectivity index (χ1v) is 5.15. The monoisotopic (exact) mass is 184 g/mol. The van der Waals surface area contributed by atoms with Crippen LogP contribution in [0.25, 0.3) is 0 Å². The molecule has 1 atom stereocenters. The zero-order valence-electron chi connectivity index (χ0n) is 8.84. The van der Waals surface area contributed by atoms with Crippen molar-refractivity contribution in [1.29, 1.82) is 0 Å². The van der Waals surface area contributed by atoms with Crippen LogP contribution in [0.4, 0.5) is 0 Å². The largest absolute Gasteiger partial charge is 0.481 e. The SMILES string of the molecule is CC(C)(C)C(C(=O)O)C1CCCC1. The zero-order chi connectivity index (χ0) is 10.1. The summed E-state index contributed by atoms with van der Waals surface area (Å²) in [6, 6.07) is 0. The van der Waals surface area contributed by atoms with Gasteiger partial charge in [-0.25, -0.2) is 0 Å². The highest BCUT2D eigenvalue weighted by atomic mass is 16.4. The number of aliphatic carboxylic acids is 1. The Hall–Kier alpha value is -0.530. The lowest BCUT2D eigenvalue weighted by Gasteiger charge is -2.31. The van der Waals surface area contributed by atoms with Crippen molar-refractivity contribution in [3.63, 3.8) is 0 Å². The smallest absolute Gasteiger partial charge is 0.307 e. The first-order chi connectivity index (χ1) is 5.93. The molecule has 2 nitrogen and oxygen atoms in total. The molecule has 0 spiro atoms. The van der Waals surface area contributed by atoms with E-state index in [2.05, 4.69) is 0 Å². The van der Waals surface area contributed by atoms with Gasteiger partial charge in [0.2, 0.25) is 0 Å².